The fourth-order valence-electron chi connectivity index (χ4n) is 3.40. The summed E-state index contributed by atoms with van der Waals surface area (Å²) in [5, 5.41) is 0. The Morgan fingerprint density at radius 2 is 1.69 bits per heavy atom. The van der Waals surface area contributed by atoms with Crippen molar-refractivity contribution in [3.63, 3.8) is 0 Å². The predicted molar refractivity (Wildman–Crippen MR) is 107 cm³/mol. The number of hydrogen-bond acceptors (Lipinski definition) is 4. The van der Waals surface area contributed by atoms with Crippen LogP contribution in [0.25, 0.3) is 0 Å². The van der Waals surface area contributed by atoms with Crippen LogP contribution in [-0.4, -0.2) is 49.3 Å². The Bertz CT molecular complexity index is 654. The van der Waals surface area contributed by atoms with Crippen LogP contribution >= 0.6 is 0 Å². The van der Waals surface area contributed by atoms with Gasteiger partial charge in [0.05, 0.1) is 0 Å². The highest BCUT2D eigenvalue weighted by atomic mass is 16.7. The van der Waals surface area contributed by atoms with E-state index in [1.165, 1.54) is 23.1 Å². The largest absolute Gasteiger partial charge is 0.454 e. The van der Waals surface area contributed by atoms with Gasteiger partial charge in [-0.05, 0) is 51.3 Å². The average molecular weight is 357 g/mol. The van der Waals surface area contributed by atoms with E-state index in [1.54, 1.807) is 0 Å². The number of ether oxygens (including phenoxy) is 2. The lowest BCUT2D eigenvalue weighted by atomic mass is 10.1. The van der Waals surface area contributed by atoms with Crippen LogP contribution in [0.2, 0.25) is 0 Å². The smallest absolute Gasteiger partial charge is 0.231 e. The molecule has 0 bridgehead atoms. The molecule has 4 heteroatoms. The summed E-state index contributed by atoms with van der Waals surface area (Å²) in [4.78, 5) is 5.08. The van der Waals surface area contributed by atoms with Crippen molar-refractivity contribution in [3.05, 3.63) is 47.1 Å². The normalized spacial score (nSPS) is 18.2. The van der Waals surface area contributed by atoms with Crippen molar-refractivity contribution in [2.24, 2.45) is 0 Å². The second-order valence-corrected chi connectivity index (χ2v) is 7.63. The van der Waals surface area contributed by atoms with Crippen molar-refractivity contribution < 1.29 is 9.47 Å². The van der Waals surface area contributed by atoms with Crippen molar-refractivity contribution in [1.82, 2.24) is 9.80 Å². The summed E-state index contributed by atoms with van der Waals surface area (Å²) in [6.45, 7) is 13.5. The maximum Gasteiger partial charge on any atom is 0.231 e. The molecule has 142 valence electrons. The van der Waals surface area contributed by atoms with Gasteiger partial charge in [0, 0.05) is 39.3 Å². The van der Waals surface area contributed by atoms with E-state index in [9.17, 15) is 0 Å². The maximum atomic E-state index is 5.48. The third kappa shape index (κ3) is 5.61. The first-order chi connectivity index (χ1) is 12.6. The lowest BCUT2D eigenvalue weighted by molar-refractivity contribution is 0.136. The molecule has 3 rings (SSSR count). The number of rotatable bonds is 7. The first-order valence-electron chi connectivity index (χ1n) is 9.72. The van der Waals surface area contributed by atoms with Crippen LogP contribution in [0, 0.1) is 0 Å². The zero-order valence-electron chi connectivity index (χ0n) is 16.5. The van der Waals surface area contributed by atoms with Crippen LogP contribution in [0.5, 0.6) is 11.5 Å². The van der Waals surface area contributed by atoms with E-state index < -0.39 is 0 Å². The molecule has 4 nitrogen and oxygen atoms in total. The molecule has 2 aliphatic heterocycles. The number of benzene rings is 1. The van der Waals surface area contributed by atoms with Gasteiger partial charge in [-0.1, -0.05) is 29.4 Å². The topological polar surface area (TPSA) is 24.9 Å². The third-order valence-electron chi connectivity index (χ3n) is 5.10. The molecule has 0 radical (unpaired) electrons. The molecule has 2 heterocycles. The van der Waals surface area contributed by atoms with Gasteiger partial charge < -0.3 is 9.47 Å². The molecule has 1 fully saturated rings. The first kappa shape index (κ1) is 19.0. The van der Waals surface area contributed by atoms with Gasteiger partial charge in [0.2, 0.25) is 6.79 Å². The Balaban J connectivity index is 1.39. The monoisotopic (exact) mass is 356 g/mol. The molecule has 2 aliphatic rings. The van der Waals surface area contributed by atoms with Gasteiger partial charge >= 0.3 is 0 Å². The second-order valence-electron chi connectivity index (χ2n) is 7.63. The molecule has 0 atom stereocenters. The number of allylic oxidation sites excluding steroid dienone is 3. The van der Waals surface area contributed by atoms with Gasteiger partial charge in [0.1, 0.15) is 0 Å². The zero-order chi connectivity index (χ0) is 18.4. The van der Waals surface area contributed by atoms with Crippen LogP contribution in [0.4, 0.5) is 0 Å². The lowest BCUT2D eigenvalue weighted by Crippen LogP contribution is -2.45. The summed E-state index contributed by atoms with van der Waals surface area (Å²) in [7, 11) is 0. The minimum absolute atomic E-state index is 0.346. The molecule has 0 N–H and O–H groups in total. The van der Waals surface area contributed by atoms with Gasteiger partial charge in [0.25, 0.3) is 0 Å². The Morgan fingerprint density at radius 3 is 2.46 bits per heavy atom. The van der Waals surface area contributed by atoms with Crippen LogP contribution < -0.4 is 9.47 Å². The minimum Gasteiger partial charge on any atom is -0.454 e. The van der Waals surface area contributed by atoms with Gasteiger partial charge in [-0.25, -0.2) is 0 Å². The van der Waals surface area contributed by atoms with E-state index in [-0.39, 0.29) is 0 Å². The Morgan fingerprint density at radius 1 is 0.962 bits per heavy atom. The molecule has 0 unspecified atom stereocenters. The fourth-order valence-corrected chi connectivity index (χ4v) is 3.40. The summed E-state index contributed by atoms with van der Waals surface area (Å²) < 4.78 is 10.9. The number of fused-ring (bicyclic) bond motifs is 1. The summed E-state index contributed by atoms with van der Waals surface area (Å²) >= 11 is 0. The fraction of sp³-hybridized carbons (Fsp3) is 0.545. The standard InChI is InChI=1S/C22H32N2O2/c1-18(2)5-4-6-19(3)9-10-23-11-13-24(14-12-23)16-20-7-8-21-22(15-20)26-17-25-21/h5,7-9,15H,4,6,10-14,16-17H2,1-3H3. The van der Waals surface area contributed by atoms with Crippen molar-refractivity contribution >= 4 is 0 Å². The van der Waals surface area contributed by atoms with E-state index in [4.69, 9.17) is 9.47 Å². The highest BCUT2D eigenvalue weighted by Crippen LogP contribution is 2.32. The molecule has 1 aromatic carbocycles. The predicted octanol–water partition coefficient (Wildman–Crippen LogP) is 4.23. The molecular weight excluding hydrogens is 324 g/mol. The van der Waals surface area contributed by atoms with E-state index in [0.717, 1.165) is 57.2 Å². The first-order valence-corrected chi connectivity index (χ1v) is 9.72. The summed E-state index contributed by atoms with van der Waals surface area (Å²) in [6.07, 6.45) is 7.07. The van der Waals surface area contributed by atoms with E-state index in [2.05, 4.69) is 54.9 Å². The SMILES string of the molecule is CC(C)=CCCC(C)=CCN1CCN(Cc2ccc3c(c2)OCO3)CC1. The Hall–Kier alpha value is -1.78. The highest BCUT2D eigenvalue weighted by Gasteiger charge is 2.18. The van der Waals surface area contributed by atoms with Crippen LogP contribution in [0.15, 0.2) is 41.5 Å². The molecule has 0 spiro atoms. The summed E-state index contributed by atoms with van der Waals surface area (Å²) in [5.41, 5.74) is 4.22. The Kier molecular flexibility index (Phi) is 6.75. The third-order valence-corrected chi connectivity index (χ3v) is 5.10. The molecular formula is C22H32N2O2. The Labute approximate surface area is 158 Å². The average Bonchev–Trinajstić information content (AvgIpc) is 3.08. The van der Waals surface area contributed by atoms with E-state index in [0.29, 0.717) is 6.79 Å². The van der Waals surface area contributed by atoms with Gasteiger partial charge in [0.15, 0.2) is 11.5 Å². The molecule has 1 saturated heterocycles. The molecule has 0 aliphatic carbocycles. The van der Waals surface area contributed by atoms with Crippen molar-refractivity contribution in [2.45, 2.75) is 40.2 Å². The molecule has 0 saturated carbocycles. The van der Waals surface area contributed by atoms with Gasteiger partial charge in [-0.2, -0.15) is 0 Å². The molecule has 1 aromatic rings. The highest BCUT2D eigenvalue weighted by molar-refractivity contribution is 5.44. The van der Waals surface area contributed by atoms with Crippen LogP contribution in [-0.2, 0) is 6.54 Å². The summed E-state index contributed by atoms with van der Waals surface area (Å²) in [6, 6.07) is 6.29. The maximum absolute atomic E-state index is 5.48. The zero-order valence-corrected chi connectivity index (χ0v) is 16.5. The summed E-state index contributed by atoms with van der Waals surface area (Å²) in [5.74, 6) is 1.75. The van der Waals surface area contributed by atoms with Crippen molar-refractivity contribution in [3.8, 4) is 11.5 Å². The lowest BCUT2D eigenvalue weighted by Gasteiger charge is -2.34. The number of nitrogens with zero attached hydrogens (tertiary/aromatic N) is 2. The van der Waals surface area contributed by atoms with Crippen molar-refractivity contribution in [2.75, 3.05) is 39.5 Å². The van der Waals surface area contributed by atoms with Crippen LogP contribution in [0.3, 0.4) is 0 Å². The molecule has 0 aromatic heterocycles. The quantitative estimate of drug-likeness (QED) is 0.683. The van der Waals surface area contributed by atoms with E-state index in [1.807, 2.05) is 6.07 Å². The second kappa shape index (κ2) is 9.24. The molecule has 0 amide bonds. The number of hydrogen-bond donors (Lipinski definition) is 0. The number of piperazine rings is 1. The van der Waals surface area contributed by atoms with E-state index >= 15 is 0 Å². The minimum atomic E-state index is 0.346. The molecule has 26 heavy (non-hydrogen) atoms. The van der Waals surface area contributed by atoms with Gasteiger partial charge in [-0.3, -0.25) is 9.80 Å². The van der Waals surface area contributed by atoms with Crippen molar-refractivity contribution in [1.29, 1.82) is 0 Å². The van der Waals surface area contributed by atoms with Gasteiger partial charge in [-0.15, -0.1) is 0 Å². The van der Waals surface area contributed by atoms with Crippen LogP contribution in [0.1, 0.15) is 39.2 Å².